The summed E-state index contributed by atoms with van der Waals surface area (Å²) in [6.07, 6.45) is 0. The van der Waals surface area contributed by atoms with E-state index in [2.05, 4.69) is 15.9 Å². The van der Waals surface area contributed by atoms with Crippen molar-refractivity contribution in [2.24, 2.45) is 0 Å². The third kappa shape index (κ3) is 2.97. The lowest BCUT2D eigenvalue weighted by Crippen LogP contribution is -2.10. The number of rotatable bonds is 4. The number of carbonyl (C=O) groups is 1. The molecule has 1 aromatic heterocycles. The van der Waals surface area contributed by atoms with Crippen molar-refractivity contribution < 1.29 is 9.53 Å². The highest BCUT2D eigenvalue weighted by Gasteiger charge is 2.12. The molecule has 2 aromatic rings. The van der Waals surface area contributed by atoms with Gasteiger partial charge in [-0.05, 0) is 45.6 Å². The van der Waals surface area contributed by atoms with E-state index in [0.29, 0.717) is 16.2 Å². The molecule has 0 aliphatic carbocycles. The van der Waals surface area contributed by atoms with Gasteiger partial charge >= 0.3 is 0 Å². The van der Waals surface area contributed by atoms with Crippen LogP contribution in [0.4, 0.5) is 0 Å². The first kappa shape index (κ1) is 12.8. The average molecular weight is 322 g/mol. The molecule has 90 valence electrons. The Morgan fingerprint density at radius 1 is 1.44 bits per heavy atom. The fraction of sp³-hybridized carbons (Fsp3) is 0.0769. The molecule has 3 nitrogen and oxygen atoms in total. The monoisotopic (exact) mass is 321 g/mol. The van der Waals surface area contributed by atoms with Gasteiger partial charge in [-0.25, -0.2) is 0 Å². The molecule has 0 aliphatic heterocycles. The Morgan fingerprint density at radius 3 is 2.94 bits per heavy atom. The largest absolute Gasteiger partial charge is 0.485 e. The molecule has 0 saturated carbocycles. The summed E-state index contributed by atoms with van der Waals surface area (Å²) >= 11 is 4.68. The average Bonchev–Trinajstić information content (AvgIpc) is 2.82. The zero-order valence-corrected chi connectivity index (χ0v) is 11.6. The van der Waals surface area contributed by atoms with Crippen molar-refractivity contribution in [3.05, 3.63) is 50.6 Å². The van der Waals surface area contributed by atoms with Crippen LogP contribution in [0.2, 0.25) is 0 Å². The van der Waals surface area contributed by atoms with Crippen molar-refractivity contribution in [3.63, 3.8) is 0 Å². The molecular formula is C13H8BrNO2S. The summed E-state index contributed by atoms with van der Waals surface area (Å²) in [6, 6.07) is 10.6. The number of ether oxygens (including phenoxy) is 1. The van der Waals surface area contributed by atoms with Crippen molar-refractivity contribution in [3.8, 4) is 11.8 Å². The molecule has 0 amide bonds. The first-order valence-electron chi connectivity index (χ1n) is 5.10. The molecule has 0 unspecified atom stereocenters. The van der Waals surface area contributed by atoms with Gasteiger partial charge in [-0.1, -0.05) is 6.07 Å². The number of ketones is 1. The van der Waals surface area contributed by atoms with Gasteiger partial charge in [0, 0.05) is 4.47 Å². The van der Waals surface area contributed by atoms with Gasteiger partial charge in [0.25, 0.3) is 0 Å². The third-order valence-corrected chi connectivity index (χ3v) is 4.08. The van der Waals surface area contributed by atoms with Gasteiger partial charge in [-0.2, -0.15) is 5.26 Å². The molecule has 0 radical (unpaired) electrons. The number of hydrogen-bond donors (Lipinski definition) is 0. The third-order valence-electron chi connectivity index (χ3n) is 2.20. The fourth-order valence-electron chi connectivity index (χ4n) is 1.36. The van der Waals surface area contributed by atoms with Crippen LogP contribution in [-0.2, 0) is 0 Å². The Balaban J connectivity index is 2.02. The maximum Gasteiger partial charge on any atom is 0.211 e. The van der Waals surface area contributed by atoms with Gasteiger partial charge < -0.3 is 4.74 Å². The lowest BCUT2D eigenvalue weighted by molar-refractivity contribution is 0.0925. The summed E-state index contributed by atoms with van der Waals surface area (Å²) in [5.41, 5.74) is 0.511. The standard InChI is InChI=1S/C13H8BrNO2S/c14-11-4-5-18-13(11)12(16)8-17-10-3-1-2-9(6-10)7-15/h1-6H,8H2. The van der Waals surface area contributed by atoms with E-state index >= 15 is 0 Å². The SMILES string of the molecule is N#Cc1cccc(OCC(=O)c2sccc2Br)c1. The second-order valence-corrected chi connectivity index (χ2v) is 5.22. The molecule has 0 spiro atoms. The van der Waals surface area contributed by atoms with Gasteiger partial charge in [-0.15, -0.1) is 11.3 Å². The lowest BCUT2D eigenvalue weighted by Gasteiger charge is -2.04. The van der Waals surface area contributed by atoms with Crippen LogP contribution in [0.25, 0.3) is 0 Å². The minimum Gasteiger partial charge on any atom is -0.485 e. The highest BCUT2D eigenvalue weighted by molar-refractivity contribution is 9.10. The molecule has 0 saturated heterocycles. The van der Waals surface area contributed by atoms with E-state index in [4.69, 9.17) is 10.00 Å². The Labute approximate surface area is 117 Å². The number of Topliss-reactive ketones (excluding diaryl/α,β-unsaturated/α-hetero) is 1. The van der Waals surface area contributed by atoms with Gasteiger partial charge in [-0.3, -0.25) is 4.79 Å². The predicted octanol–water partition coefficient (Wildman–Crippen LogP) is 3.64. The van der Waals surface area contributed by atoms with Crippen molar-refractivity contribution >= 4 is 33.0 Å². The molecule has 0 bridgehead atoms. The lowest BCUT2D eigenvalue weighted by atomic mass is 10.2. The zero-order valence-electron chi connectivity index (χ0n) is 9.22. The molecule has 18 heavy (non-hydrogen) atoms. The van der Waals surface area contributed by atoms with Crippen molar-refractivity contribution in [1.29, 1.82) is 5.26 Å². The highest BCUT2D eigenvalue weighted by Crippen LogP contribution is 2.23. The number of halogens is 1. The molecule has 0 aliphatic rings. The molecule has 0 N–H and O–H groups in total. The van der Waals surface area contributed by atoms with Crippen LogP contribution in [0, 0.1) is 11.3 Å². The van der Waals surface area contributed by atoms with Gasteiger partial charge in [0.1, 0.15) is 5.75 Å². The first-order chi connectivity index (χ1) is 8.70. The van der Waals surface area contributed by atoms with Crippen molar-refractivity contribution in [2.45, 2.75) is 0 Å². The van der Waals surface area contributed by atoms with Gasteiger partial charge in [0.2, 0.25) is 5.78 Å². The van der Waals surface area contributed by atoms with Crippen LogP contribution in [-0.4, -0.2) is 12.4 Å². The van der Waals surface area contributed by atoms with E-state index in [1.807, 2.05) is 17.5 Å². The Kier molecular flexibility index (Phi) is 4.13. The smallest absolute Gasteiger partial charge is 0.211 e. The summed E-state index contributed by atoms with van der Waals surface area (Å²) in [5, 5.41) is 10.6. The summed E-state index contributed by atoms with van der Waals surface area (Å²) < 4.78 is 6.16. The quantitative estimate of drug-likeness (QED) is 0.808. The van der Waals surface area contributed by atoms with E-state index in [0.717, 1.165) is 4.47 Å². The minimum atomic E-state index is -0.0840. The number of carbonyl (C=O) groups excluding carboxylic acids is 1. The number of nitriles is 1. The predicted molar refractivity (Wildman–Crippen MR) is 73.0 cm³/mol. The van der Waals surface area contributed by atoms with Crippen LogP contribution in [0.1, 0.15) is 15.2 Å². The minimum absolute atomic E-state index is 0.0337. The second-order valence-electron chi connectivity index (χ2n) is 3.45. The Morgan fingerprint density at radius 2 is 2.28 bits per heavy atom. The molecule has 2 rings (SSSR count). The van der Waals surface area contributed by atoms with Gasteiger partial charge in [0.05, 0.1) is 16.5 Å². The van der Waals surface area contributed by atoms with Crippen LogP contribution in [0.3, 0.4) is 0 Å². The van der Waals surface area contributed by atoms with E-state index in [-0.39, 0.29) is 12.4 Å². The molecular weight excluding hydrogens is 314 g/mol. The van der Waals surface area contributed by atoms with Crippen LogP contribution >= 0.6 is 27.3 Å². The number of benzene rings is 1. The highest BCUT2D eigenvalue weighted by atomic mass is 79.9. The normalized spacial score (nSPS) is 9.78. The maximum absolute atomic E-state index is 11.8. The summed E-state index contributed by atoms with van der Waals surface area (Å²) in [5.74, 6) is 0.439. The molecule has 1 heterocycles. The summed E-state index contributed by atoms with van der Waals surface area (Å²) in [7, 11) is 0. The zero-order chi connectivity index (χ0) is 13.0. The van der Waals surface area contributed by atoms with E-state index in [1.165, 1.54) is 11.3 Å². The first-order valence-corrected chi connectivity index (χ1v) is 6.77. The Bertz CT molecular complexity index is 615. The van der Waals surface area contributed by atoms with Crippen LogP contribution in [0.15, 0.2) is 40.2 Å². The maximum atomic E-state index is 11.8. The van der Waals surface area contributed by atoms with Crippen LogP contribution in [0.5, 0.6) is 5.75 Å². The number of hydrogen-bond acceptors (Lipinski definition) is 4. The van der Waals surface area contributed by atoms with Crippen LogP contribution < -0.4 is 4.74 Å². The second kappa shape index (κ2) is 5.80. The fourth-order valence-corrected chi connectivity index (χ4v) is 2.88. The molecule has 1 aromatic carbocycles. The topological polar surface area (TPSA) is 50.1 Å². The molecule has 0 atom stereocenters. The van der Waals surface area contributed by atoms with Crippen molar-refractivity contribution in [1.82, 2.24) is 0 Å². The summed E-state index contributed by atoms with van der Waals surface area (Å²) in [6.45, 7) is -0.0337. The summed E-state index contributed by atoms with van der Waals surface area (Å²) in [4.78, 5) is 12.5. The van der Waals surface area contributed by atoms with E-state index in [1.54, 1.807) is 24.3 Å². The number of thiophene rings is 1. The molecule has 0 fully saturated rings. The van der Waals surface area contributed by atoms with E-state index < -0.39 is 0 Å². The van der Waals surface area contributed by atoms with Gasteiger partial charge in [0.15, 0.2) is 6.61 Å². The Hall–Kier alpha value is -1.64. The molecule has 5 heteroatoms. The van der Waals surface area contributed by atoms with E-state index in [9.17, 15) is 4.79 Å². The van der Waals surface area contributed by atoms with Crippen molar-refractivity contribution in [2.75, 3.05) is 6.61 Å². The number of nitrogens with zero attached hydrogens (tertiary/aromatic N) is 1.